The fourth-order valence-electron chi connectivity index (χ4n) is 4.00. The van der Waals surface area contributed by atoms with E-state index in [-0.39, 0.29) is 48.6 Å². The van der Waals surface area contributed by atoms with Gasteiger partial charge in [-0.1, -0.05) is 0 Å². The molecule has 3 aromatic heterocycles. The zero-order valence-electron chi connectivity index (χ0n) is 17.5. The molecule has 0 radical (unpaired) electrons. The summed E-state index contributed by atoms with van der Waals surface area (Å²) in [5.41, 5.74) is 0.696. The lowest BCUT2D eigenvalue weighted by Crippen LogP contribution is -2.38. The molecule has 4 heterocycles. The number of alkyl halides is 3. The van der Waals surface area contributed by atoms with Gasteiger partial charge in [-0.2, -0.15) is 18.3 Å². The van der Waals surface area contributed by atoms with Gasteiger partial charge in [0.1, 0.15) is 35.6 Å². The quantitative estimate of drug-likeness (QED) is 0.454. The van der Waals surface area contributed by atoms with E-state index in [1.54, 1.807) is 0 Å². The topological polar surface area (TPSA) is 93.6 Å². The van der Waals surface area contributed by atoms with Gasteiger partial charge in [-0.05, 0) is 24.3 Å². The predicted octanol–water partition coefficient (Wildman–Crippen LogP) is 3.38. The number of halogens is 4. The van der Waals surface area contributed by atoms with Crippen molar-refractivity contribution in [1.82, 2.24) is 19.7 Å². The van der Waals surface area contributed by atoms with Crippen molar-refractivity contribution < 1.29 is 36.6 Å². The van der Waals surface area contributed by atoms with E-state index in [4.69, 9.17) is 9.15 Å². The van der Waals surface area contributed by atoms with Crippen molar-refractivity contribution >= 4 is 27.8 Å². The largest absolute Gasteiger partial charge is 0.464 e. The van der Waals surface area contributed by atoms with E-state index in [2.05, 4.69) is 10.1 Å². The third-order valence-corrected chi connectivity index (χ3v) is 5.51. The molecule has 1 aliphatic rings. The molecule has 0 aliphatic carbocycles. The van der Waals surface area contributed by atoms with Crippen molar-refractivity contribution in [3.63, 3.8) is 0 Å². The van der Waals surface area contributed by atoms with Crippen molar-refractivity contribution in [2.24, 2.45) is 0 Å². The number of benzene rings is 1. The maximum Gasteiger partial charge on any atom is 0.408 e. The number of amides is 1. The minimum Gasteiger partial charge on any atom is -0.464 e. The maximum atomic E-state index is 13.8. The minimum atomic E-state index is -4.58. The van der Waals surface area contributed by atoms with E-state index in [9.17, 15) is 27.5 Å². The summed E-state index contributed by atoms with van der Waals surface area (Å²) in [6, 6.07) is 5.07. The van der Waals surface area contributed by atoms with Crippen LogP contribution in [0.2, 0.25) is 0 Å². The first-order valence-electron chi connectivity index (χ1n) is 10.3. The molecule has 0 bridgehead atoms. The first kappa shape index (κ1) is 22.3. The molecule has 0 saturated carbocycles. The molecule has 12 heteroatoms. The highest BCUT2D eigenvalue weighted by molar-refractivity contribution is 6.03. The Labute approximate surface area is 189 Å². The molecule has 1 unspecified atom stereocenters. The van der Waals surface area contributed by atoms with Crippen LogP contribution in [0.1, 0.15) is 10.5 Å². The average Bonchev–Trinajstić information content (AvgIpc) is 3.26. The molecule has 5 rings (SSSR count). The number of hydrogen-bond acceptors (Lipinski definition) is 6. The molecule has 1 atom stereocenters. The van der Waals surface area contributed by atoms with Gasteiger partial charge in [-0.3, -0.25) is 14.5 Å². The summed E-state index contributed by atoms with van der Waals surface area (Å²) in [6.45, 7) is -0.891. The van der Waals surface area contributed by atoms with Crippen LogP contribution in [-0.4, -0.2) is 69.3 Å². The lowest BCUT2D eigenvalue weighted by molar-refractivity contribution is -0.141. The number of furan rings is 1. The zero-order chi connectivity index (χ0) is 24.0. The van der Waals surface area contributed by atoms with Crippen molar-refractivity contribution in [2.75, 3.05) is 26.3 Å². The Balaban J connectivity index is 1.62. The number of nitrogens with zero attached hydrogens (tertiary/aromatic N) is 4. The molecule has 1 amide bonds. The second-order valence-electron chi connectivity index (χ2n) is 7.98. The van der Waals surface area contributed by atoms with Gasteiger partial charge in [-0.25, -0.2) is 4.39 Å². The zero-order valence-corrected chi connectivity index (χ0v) is 17.5. The Morgan fingerprint density at radius 1 is 1.24 bits per heavy atom. The summed E-state index contributed by atoms with van der Waals surface area (Å²) < 4.78 is 65.1. The highest BCUT2D eigenvalue weighted by atomic mass is 19.4. The first-order chi connectivity index (χ1) is 16.2. The van der Waals surface area contributed by atoms with E-state index in [1.807, 2.05) is 0 Å². The number of aliphatic hydroxyl groups excluding tert-OH is 1. The summed E-state index contributed by atoms with van der Waals surface area (Å²) in [4.78, 5) is 18.5. The number of hydrogen-bond donors (Lipinski definition) is 1. The number of carbonyl (C=O) groups excluding carboxylic acids is 1. The summed E-state index contributed by atoms with van der Waals surface area (Å²) >= 11 is 0. The molecular formula is C22H18F4N4O4. The van der Waals surface area contributed by atoms with Gasteiger partial charge in [0.15, 0.2) is 0 Å². The fourth-order valence-corrected chi connectivity index (χ4v) is 4.00. The number of fused-ring (bicyclic) bond motifs is 2. The van der Waals surface area contributed by atoms with Crippen molar-refractivity contribution in [3.8, 4) is 11.3 Å². The van der Waals surface area contributed by atoms with Gasteiger partial charge in [0.05, 0.1) is 24.8 Å². The second kappa shape index (κ2) is 8.37. The average molecular weight is 478 g/mol. The van der Waals surface area contributed by atoms with Crippen LogP contribution >= 0.6 is 0 Å². The number of aliphatic hydroxyl groups is 1. The standard InChI is InChI=1S/C22H18F4N4O4/c23-12-1-2-19-14(5-12)16(10-34-19)20-15-7-27-17(6-18(15)30(28-20)11-22(24,25)26)21(32)29-3-4-33-9-13(31)8-29/h1-2,5-7,10,13,31H,3-4,8-9,11H2. The van der Waals surface area contributed by atoms with E-state index in [0.717, 1.165) is 4.68 Å². The number of rotatable bonds is 3. The van der Waals surface area contributed by atoms with E-state index < -0.39 is 30.5 Å². The summed E-state index contributed by atoms with van der Waals surface area (Å²) in [6.07, 6.45) is -2.91. The van der Waals surface area contributed by atoms with Crippen LogP contribution in [0.15, 0.2) is 41.1 Å². The number of carbonyl (C=O) groups is 1. The SMILES string of the molecule is O=C(c1cc2c(cn1)c(-c1coc3ccc(F)cc13)nn2CC(F)(F)F)N1CCOCC(O)C1. The van der Waals surface area contributed by atoms with Crippen LogP contribution in [0.3, 0.4) is 0 Å². The Morgan fingerprint density at radius 3 is 2.85 bits per heavy atom. The third kappa shape index (κ3) is 4.21. The Bertz CT molecular complexity index is 1380. The minimum absolute atomic E-state index is 0.0121. The normalized spacial score (nSPS) is 17.4. The summed E-state index contributed by atoms with van der Waals surface area (Å²) in [5.74, 6) is -1.09. The predicted molar refractivity (Wildman–Crippen MR) is 111 cm³/mol. The molecule has 0 spiro atoms. The maximum absolute atomic E-state index is 13.8. The van der Waals surface area contributed by atoms with E-state index >= 15 is 0 Å². The lowest BCUT2D eigenvalue weighted by Gasteiger charge is -2.20. The van der Waals surface area contributed by atoms with Gasteiger partial charge in [0.25, 0.3) is 5.91 Å². The number of aromatic nitrogens is 3. The van der Waals surface area contributed by atoms with Gasteiger partial charge < -0.3 is 19.2 Å². The van der Waals surface area contributed by atoms with Gasteiger partial charge in [0.2, 0.25) is 0 Å². The Hall–Kier alpha value is -3.51. The molecule has 1 saturated heterocycles. The van der Waals surface area contributed by atoms with Crippen molar-refractivity contribution in [3.05, 3.63) is 48.2 Å². The summed E-state index contributed by atoms with van der Waals surface area (Å²) in [7, 11) is 0. The lowest BCUT2D eigenvalue weighted by atomic mass is 10.1. The van der Waals surface area contributed by atoms with E-state index in [0.29, 0.717) is 16.5 Å². The van der Waals surface area contributed by atoms with Gasteiger partial charge in [-0.15, -0.1) is 0 Å². The molecular weight excluding hydrogens is 460 g/mol. The first-order valence-corrected chi connectivity index (χ1v) is 10.3. The summed E-state index contributed by atoms with van der Waals surface area (Å²) in [5, 5.41) is 14.6. The van der Waals surface area contributed by atoms with Crippen LogP contribution in [0.25, 0.3) is 33.1 Å². The molecule has 178 valence electrons. The molecule has 8 nitrogen and oxygen atoms in total. The molecule has 4 aromatic rings. The Kier molecular flexibility index (Phi) is 5.48. The van der Waals surface area contributed by atoms with E-state index in [1.165, 1.54) is 41.6 Å². The second-order valence-corrected chi connectivity index (χ2v) is 7.98. The van der Waals surface area contributed by atoms with Crippen molar-refractivity contribution in [2.45, 2.75) is 18.8 Å². The van der Waals surface area contributed by atoms with Crippen LogP contribution in [-0.2, 0) is 11.3 Å². The third-order valence-electron chi connectivity index (χ3n) is 5.51. The van der Waals surface area contributed by atoms with Crippen LogP contribution in [0.5, 0.6) is 0 Å². The van der Waals surface area contributed by atoms with Crippen LogP contribution in [0.4, 0.5) is 17.6 Å². The fraction of sp³-hybridized carbons (Fsp3) is 0.318. The monoisotopic (exact) mass is 478 g/mol. The van der Waals surface area contributed by atoms with Crippen LogP contribution < -0.4 is 0 Å². The molecule has 1 N–H and O–H groups in total. The molecule has 1 fully saturated rings. The number of ether oxygens (including phenoxy) is 1. The number of β-amino-alcohol motifs (C(OH)–C–C–N with tert-alkyl or cyclic N) is 1. The molecule has 34 heavy (non-hydrogen) atoms. The molecule has 1 aromatic carbocycles. The smallest absolute Gasteiger partial charge is 0.408 e. The van der Waals surface area contributed by atoms with Gasteiger partial charge >= 0.3 is 6.18 Å². The molecule has 1 aliphatic heterocycles. The Morgan fingerprint density at radius 2 is 2.06 bits per heavy atom. The van der Waals surface area contributed by atoms with Crippen molar-refractivity contribution in [1.29, 1.82) is 0 Å². The van der Waals surface area contributed by atoms with Gasteiger partial charge in [0, 0.05) is 35.6 Å². The van der Waals surface area contributed by atoms with Crippen LogP contribution in [0, 0.1) is 5.82 Å². The number of pyridine rings is 1. The highest BCUT2D eigenvalue weighted by Gasteiger charge is 2.31. The highest BCUT2D eigenvalue weighted by Crippen LogP contribution is 2.36.